The monoisotopic (exact) mass is 256 g/mol. The van der Waals surface area contributed by atoms with Gasteiger partial charge in [0.25, 0.3) is 0 Å². The molecule has 0 fully saturated rings. The molecule has 4 heteroatoms. The number of thiophene rings is 1. The van der Waals surface area contributed by atoms with E-state index in [-0.39, 0.29) is 0 Å². The van der Waals surface area contributed by atoms with Crippen molar-refractivity contribution in [2.45, 2.75) is 6.92 Å². The highest BCUT2D eigenvalue weighted by molar-refractivity contribution is 7.15. The normalized spacial score (nSPS) is 10.7. The van der Waals surface area contributed by atoms with Crippen LogP contribution in [0.4, 0.5) is 5.82 Å². The second-order valence-electron chi connectivity index (χ2n) is 4.05. The average Bonchev–Trinajstić information content (AvgIpc) is 2.96. The number of benzene rings is 1. The van der Waals surface area contributed by atoms with E-state index < -0.39 is 0 Å². The van der Waals surface area contributed by atoms with E-state index in [4.69, 9.17) is 10.3 Å². The number of nitrogen functional groups attached to an aromatic ring is 1. The van der Waals surface area contributed by atoms with Crippen LogP contribution in [-0.4, -0.2) is 5.16 Å². The van der Waals surface area contributed by atoms with E-state index in [0.717, 1.165) is 21.8 Å². The molecule has 2 N–H and O–H groups in total. The Morgan fingerprint density at radius 1 is 1.11 bits per heavy atom. The summed E-state index contributed by atoms with van der Waals surface area (Å²) in [6.07, 6.45) is 0. The van der Waals surface area contributed by atoms with Crippen molar-refractivity contribution in [3.63, 3.8) is 0 Å². The smallest absolute Gasteiger partial charge is 0.186 e. The fourth-order valence-electron chi connectivity index (χ4n) is 1.91. The van der Waals surface area contributed by atoms with Gasteiger partial charge in [-0.05, 0) is 24.6 Å². The van der Waals surface area contributed by atoms with Crippen LogP contribution in [0.15, 0.2) is 47.0 Å². The summed E-state index contributed by atoms with van der Waals surface area (Å²) in [6, 6.07) is 14.0. The highest BCUT2D eigenvalue weighted by Crippen LogP contribution is 2.39. The Morgan fingerprint density at radius 3 is 2.56 bits per heavy atom. The minimum Gasteiger partial charge on any atom is -0.380 e. The van der Waals surface area contributed by atoms with Gasteiger partial charge < -0.3 is 10.3 Å². The zero-order valence-electron chi connectivity index (χ0n) is 9.88. The van der Waals surface area contributed by atoms with Gasteiger partial charge in [0.15, 0.2) is 11.6 Å². The van der Waals surface area contributed by atoms with Gasteiger partial charge in [-0.15, -0.1) is 11.3 Å². The highest BCUT2D eigenvalue weighted by atomic mass is 32.1. The van der Waals surface area contributed by atoms with Crippen LogP contribution in [0.25, 0.3) is 21.8 Å². The predicted molar refractivity (Wildman–Crippen MR) is 74.4 cm³/mol. The number of anilines is 1. The van der Waals surface area contributed by atoms with Crippen molar-refractivity contribution in [3.8, 4) is 21.8 Å². The second-order valence-corrected chi connectivity index (χ2v) is 5.34. The number of nitrogens with two attached hydrogens (primary N) is 1. The number of aryl methyl sites for hydroxylation is 1. The molecule has 2 heterocycles. The average molecular weight is 256 g/mol. The molecule has 0 amide bonds. The fourth-order valence-corrected chi connectivity index (χ4v) is 2.76. The van der Waals surface area contributed by atoms with Crippen LogP contribution in [0.3, 0.4) is 0 Å². The van der Waals surface area contributed by atoms with Gasteiger partial charge in [-0.1, -0.05) is 35.5 Å². The summed E-state index contributed by atoms with van der Waals surface area (Å²) in [5.74, 6) is 1.18. The van der Waals surface area contributed by atoms with Crippen molar-refractivity contribution in [1.29, 1.82) is 0 Å². The molecule has 0 saturated carbocycles. The lowest BCUT2D eigenvalue weighted by atomic mass is 10.1. The first kappa shape index (κ1) is 11.0. The molecule has 0 atom stereocenters. The molecule has 3 nitrogen and oxygen atoms in total. The molecular weight excluding hydrogens is 244 g/mol. The SMILES string of the molecule is Cc1ccc(-c2onc(N)c2-c2ccccc2)s1. The summed E-state index contributed by atoms with van der Waals surface area (Å²) in [7, 11) is 0. The first-order valence-corrected chi connectivity index (χ1v) is 6.45. The van der Waals surface area contributed by atoms with E-state index in [9.17, 15) is 0 Å². The summed E-state index contributed by atoms with van der Waals surface area (Å²) in [6.45, 7) is 2.07. The molecular formula is C14H12N2OS. The van der Waals surface area contributed by atoms with Crippen molar-refractivity contribution < 1.29 is 4.52 Å². The molecule has 0 unspecified atom stereocenters. The maximum atomic E-state index is 5.92. The van der Waals surface area contributed by atoms with Crippen LogP contribution in [0.5, 0.6) is 0 Å². The van der Waals surface area contributed by atoms with Gasteiger partial charge in [0.1, 0.15) is 0 Å². The first-order valence-electron chi connectivity index (χ1n) is 5.63. The van der Waals surface area contributed by atoms with Gasteiger partial charge in [-0.3, -0.25) is 0 Å². The molecule has 0 saturated heterocycles. The number of aromatic nitrogens is 1. The number of rotatable bonds is 2. The molecule has 1 aromatic carbocycles. The lowest BCUT2D eigenvalue weighted by molar-refractivity contribution is 0.437. The van der Waals surface area contributed by atoms with E-state index in [1.807, 2.05) is 36.4 Å². The summed E-state index contributed by atoms with van der Waals surface area (Å²) >= 11 is 1.67. The zero-order chi connectivity index (χ0) is 12.5. The van der Waals surface area contributed by atoms with Crippen LogP contribution in [0, 0.1) is 6.92 Å². The Bertz CT molecular complexity index is 670. The maximum Gasteiger partial charge on any atom is 0.186 e. The summed E-state index contributed by atoms with van der Waals surface area (Å²) < 4.78 is 5.38. The molecule has 0 aliphatic carbocycles. The van der Waals surface area contributed by atoms with E-state index in [2.05, 4.69) is 18.1 Å². The molecule has 0 bridgehead atoms. The lowest BCUT2D eigenvalue weighted by Gasteiger charge is -2.00. The second kappa shape index (κ2) is 4.31. The highest BCUT2D eigenvalue weighted by Gasteiger charge is 2.18. The Balaban J connectivity index is 2.18. The largest absolute Gasteiger partial charge is 0.380 e. The zero-order valence-corrected chi connectivity index (χ0v) is 10.7. The number of nitrogens with zero attached hydrogens (tertiary/aromatic N) is 1. The Labute approximate surface area is 109 Å². The standard InChI is InChI=1S/C14H12N2OS/c1-9-7-8-11(18-9)13-12(14(15)16-17-13)10-5-3-2-4-6-10/h2-8H,1H3,(H2,15,16). The van der Waals surface area contributed by atoms with Gasteiger partial charge >= 0.3 is 0 Å². The van der Waals surface area contributed by atoms with Crippen LogP contribution in [0.1, 0.15) is 4.88 Å². The van der Waals surface area contributed by atoms with Crippen molar-refractivity contribution >= 4 is 17.2 Å². The minimum atomic E-state index is 0.433. The van der Waals surface area contributed by atoms with Crippen LogP contribution in [0.2, 0.25) is 0 Å². The molecule has 90 valence electrons. The maximum absolute atomic E-state index is 5.92. The topological polar surface area (TPSA) is 52.0 Å². The van der Waals surface area contributed by atoms with Gasteiger partial charge in [0.2, 0.25) is 0 Å². The Hall–Kier alpha value is -2.07. The molecule has 0 spiro atoms. The van der Waals surface area contributed by atoms with Crippen molar-refractivity contribution in [2.75, 3.05) is 5.73 Å². The van der Waals surface area contributed by atoms with Crippen LogP contribution in [-0.2, 0) is 0 Å². The first-order chi connectivity index (χ1) is 8.75. The third kappa shape index (κ3) is 1.80. The van der Waals surface area contributed by atoms with Crippen LogP contribution >= 0.6 is 11.3 Å². The minimum absolute atomic E-state index is 0.433. The Morgan fingerprint density at radius 2 is 1.89 bits per heavy atom. The number of hydrogen-bond acceptors (Lipinski definition) is 4. The predicted octanol–water partition coefficient (Wildman–Crippen LogP) is 3.96. The number of hydrogen-bond donors (Lipinski definition) is 1. The molecule has 3 aromatic rings. The molecule has 0 aliphatic heterocycles. The van der Waals surface area contributed by atoms with Gasteiger partial charge in [0, 0.05) is 4.88 Å². The summed E-state index contributed by atoms with van der Waals surface area (Å²) in [5, 5.41) is 3.89. The lowest BCUT2D eigenvalue weighted by Crippen LogP contribution is -1.87. The molecule has 2 aromatic heterocycles. The van der Waals surface area contributed by atoms with E-state index >= 15 is 0 Å². The van der Waals surface area contributed by atoms with E-state index in [1.54, 1.807) is 11.3 Å². The van der Waals surface area contributed by atoms with Gasteiger partial charge in [0.05, 0.1) is 10.4 Å². The van der Waals surface area contributed by atoms with E-state index in [1.165, 1.54) is 4.88 Å². The van der Waals surface area contributed by atoms with Gasteiger partial charge in [-0.25, -0.2) is 0 Å². The van der Waals surface area contributed by atoms with Crippen molar-refractivity contribution in [2.24, 2.45) is 0 Å². The molecule has 3 rings (SSSR count). The fraction of sp³-hybridized carbons (Fsp3) is 0.0714. The van der Waals surface area contributed by atoms with Crippen molar-refractivity contribution in [3.05, 3.63) is 47.3 Å². The molecule has 0 aliphatic rings. The van der Waals surface area contributed by atoms with E-state index in [0.29, 0.717) is 5.82 Å². The van der Waals surface area contributed by atoms with Gasteiger partial charge in [-0.2, -0.15) is 0 Å². The van der Waals surface area contributed by atoms with Crippen molar-refractivity contribution in [1.82, 2.24) is 5.16 Å². The molecule has 18 heavy (non-hydrogen) atoms. The van der Waals surface area contributed by atoms with Crippen LogP contribution < -0.4 is 5.73 Å². The third-order valence-electron chi connectivity index (χ3n) is 2.75. The quantitative estimate of drug-likeness (QED) is 0.755. The third-order valence-corrected chi connectivity index (χ3v) is 3.74. The summed E-state index contributed by atoms with van der Waals surface area (Å²) in [4.78, 5) is 2.29. The summed E-state index contributed by atoms with van der Waals surface area (Å²) in [5.41, 5.74) is 7.82. The molecule has 0 radical (unpaired) electrons. The Kier molecular flexibility index (Phi) is 2.64.